The molecule has 0 radical (unpaired) electrons. The van der Waals surface area contributed by atoms with Crippen molar-refractivity contribution < 1.29 is 14.6 Å². The minimum absolute atomic E-state index is 0.342. The van der Waals surface area contributed by atoms with Gasteiger partial charge in [0.2, 0.25) is 0 Å². The van der Waals surface area contributed by atoms with Crippen molar-refractivity contribution in [3.63, 3.8) is 0 Å². The number of fused-ring (bicyclic) bond motifs is 5. The second kappa shape index (κ2) is 13.9. The van der Waals surface area contributed by atoms with Gasteiger partial charge in [-0.2, -0.15) is 0 Å². The summed E-state index contributed by atoms with van der Waals surface area (Å²) in [5, 5.41) is 8.89. The van der Waals surface area contributed by atoms with Crippen LogP contribution < -0.4 is 5.32 Å². The normalized spacial score (nSPS) is 38.3. The van der Waals surface area contributed by atoms with Crippen LogP contribution >= 0.6 is 12.9 Å². The standard InChI is InChI=1S/C26H44OS.C3H7N.CH4O/c1-18(2)7-5-6-8-19-10-12-23-22-11-9-20-17-21(27-28)13-15-26(20,4)24(22)14-16-25(19,23)3;1-3-4-2;1-2/h9,18-19,21-24,28H,5-8,10-17H2,1-4H3;3-4H,1H2,2H3;2H,1H3/p+1. The molecule has 0 heterocycles. The molecular formula is C30H56NO2S+. The number of thiol groups is 1. The fourth-order valence-corrected chi connectivity index (χ4v) is 8.42. The Morgan fingerprint density at radius 1 is 1.15 bits per heavy atom. The molecule has 0 amide bonds. The lowest BCUT2D eigenvalue weighted by Gasteiger charge is -2.58. The second-order valence-corrected chi connectivity index (χ2v) is 12.5. The summed E-state index contributed by atoms with van der Waals surface area (Å²) in [6.45, 7) is 13.5. The van der Waals surface area contributed by atoms with Crippen molar-refractivity contribution in [1.82, 2.24) is 0 Å². The third kappa shape index (κ3) is 6.52. The van der Waals surface area contributed by atoms with E-state index in [1.165, 1.54) is 70.6 Å². The number of allylic oxidation sites excluding steroid dienone is 1. The lowest BCUT2D eigenvalue weighted by Crippen LogP contribution is -2.72. The topological polar surface area (TPSA) is 46.1 Å². The number of hydrogen-bond acceptors (Lipinski definition) is 3. The molecule has 0 bridgehead atoms. The minimum Gasteiger partial charge on any atom is -0.400 e. The molecule has 3 saturated carbocycles. The zero-order valence-electron chi connectivity index (χ0n) is 23.2. The number of nitrogens with two attached hydrogens (primary N) is 1. The van der Waals surface area contributed by atoms with E-state index in [0.717, 1.165) is 43.1 Å². The first kappa shape index (κ1) is 29.9. The van der Waals surface area contributed by atoms with E-state index in [9.17, 15) is 0 Å². The first-order chi connectivity index (χ1) is 16.3. The van der Waals surface area contributed by atoms with Crippen LogP contribution in [0.5, 0.6) is 0 Å². The Morgan fingerprint density at radius 3 is 2.47 bits per heavy atom. The highest BCUT2D eigenvalue weighted by molar-refractivity contribution is 7.75. The van der Waals surface area contributed by atoms with Crippen LogP contribution in [-0.4, -0.2) is 25.4 Å². The highest BCUT2D eigenvalue weighted by atomic mass is 32.1. The summed E-state index contributed by atoms with van der Waals surface area (Å²) in [6.07, 6.45) is 21.5. The summed E-state index contributed by atoms with van der Waals surface area (Å²) < 4.78 is 5.44. The van der Waals surface area contributed by atoms with Crippen LogP contribution in [0.4, 0.5) is 0 Å². The first-order valence-corrected chi connectivity index (χ1v) is 14.5. The van der Waals surface area contributed by atoms with Crippen molar-refractivity contribution >= 4 is 12.9 Å². The molecule has 3 fully saturated rings. The van der Waals surface area contributed by atoms with Gasteiger partial charge in [-0.05, 0) is 118 Å². The van der Waals surface area contributed by atoms with Gasteiger partial charge in [-0.15, -0.1) is 0 Å². The summed E-state index contributed by atoms with van der Waals surface area (Å²) in [6, 6.07) is 0. The smallest absolute Gasteiger partial charge is 0.0850 e. The number of unbranched alkanes of at least 4 members (excludes halogenated alkanes) is 1. The van der Waals surface area contributed by atoms with Crippen LogP contribution in [0.2, 0.25) is 0 Å². The van der Waals surface area contributed by atoms with Gasteiger partial charge >= 0.3 is 0 Å². The van der Waals surface area contributed by atoms with E-state index in [2.05, 4.69) is 53.3 Å². The van der Waals surface area contributed by atoms with Gasteiger partial charge in [0, 0.05) is 7.11 Å². The van der Waals surface area contributed by atoms with Crippen LogP contribution in [0, 0.1) is 40.4 Å². The number of aliphatic hydroxyl groups is 1. The van der Waals surface area contributed by atoms with E-state index < -0.39 is 0 Å². The third-order valence-electron chi connectivity index (χ3n) is 10.2. The lowest BCUT2D eigenvalue weighted by molar-refractivity contribution is -0.555. The van der Waals surface area contributed by atoms with Gasteiger partial charge in [0.1, 0.15) is 0 Å². The molecule has 4 rings (SSSR count). The van der Waals surface area contributed by atoms with Crippen molar-refractivity contribution in [2.24, 2.45) is 40.4 Å². The molecule has 4 aliphatic rings. The average Bonchev–Trinajstić information content (AvgIpc) is 3.18. The molecule has 0 aliphatic heterocycles. The first-order valence-electron chi connectivity index (χ1n) is 14.1. The molecule has 7 unspecified atom stereocenters. The highest BCUT2D eigenvalue weighted by Crippen LogP contribution is 2.66. The summed E-state index contributed by atoms with van der Waals surface area (Å²) in [5.41, 5.74) is 2.79. The van der Waals surface area contributed by atoms with Crippen LogP contribution in [0.1, 0.15) is 105 Å². The van der Waals surface area contributed by atoms with E-state index in [-0.39, 0.29) is 0 Å². The van der Waals surface area contributed by atoms with Crippen LogP contribution in [0.3, 0.4) is 0 Å². The number of aliphatic hydroxyl groups excluding tert-OH is 1. The molecule has 0 saturated heterocycles. The third-order valence-corrected chi connectivity index (χ3v) is 10.5. The highest BCUT2D eigenvalue weighted by Gasteiger charge is 2.58. The number of hydrogen-bond donors (Lipinski definition) is 3. The number of quaternary nitrogens is 1. The zero-order chi connectivity index (χ0) is 25.4. The van der Waals surface area contributed by atoms with Crippen LogP contribution in [-0.2, 0) is 4.18 Å². The monoisotopic (exact) mass is 494 g/mol. The Hall–Kier alpha value is -0.290. The van der Waals surface area contributed by atoms with Gasteiger partial charge in [0.25, 0.3) is 0 Å². The maximum absolute atomic E-state index is 7.00. The summed E-state index contributed by atoms with van der Waals surface area (Å²) in [4.78, 5) is 0. The Bertz CT molecular complexity index is 650. The largest absolute Gasteiger partial charge is 0.400 e. The molecule has 4 aliphatic carbocycles. The Kier molecular flexibility index (Phi) is 12.2. The van der Waals surface area contributed by atoms with Gasteiger partial charge in [-0.25, -0.2) is 0 Å². The summed E-state index contributed by atoms with van der Waals surface area (Å²) in [7, 11) is 2.94. The Balaban J connectivity index is 0.000000618. The van der Waals surface area contributed by atoms with Crippen molar-refractivity contribution in [3.8, 4) is 0 Å². The van der Waals surface area contributed by atoms with E-state index in [1.807, 2.05) is 12.4 Å². The molecule has 4 heteroatoms. The van der Waals surface area contributed by atoms with Crippen molar-refractivity contribution in [2.75, 3.05) is 14.2 Å². The molecule has 0 aromatic heterocycles. The Labute approximate surface area is 217 Å². The van der Waals surface area contributed by atoms with Gasteiger partial charge in [-0.1, -0.05) is 58.6 Å². The molecular weight excluding hydrogens is 438 g/mol. The SMILES string of the molecule is C=C[NH2+]C.CC(C)CCCCC1CCC2C3CC=C4CC(OS)CCC4(C)C3CCC12C.CO. The van der Waals surface area contributed by atoms with Crippen molar-refractivity contribution in [2.45, 2.75) is 111 Å². The van der Waals surface area contributed by atoms with Crippen LogP contribution in [0.15, 0.2) is 24.4 Å². The molecule has 198 valence electrons. The Morgan fingerprint density at radius 2 is 1.85 bits per heavy atom. The van der Waals surface area contributed by atoms with Gasteiger partial charge in [0.05, 0.1) is 19.4 Å². The minimum atomic E-state index is 0.342. The van der Waals surface area contributed by atoms with Crippen molar-refractivity contribution in [3.05, 3.63) is 24.4 Å². The molecule has 3 nitrogen and oxygen atoms in total. The maximum atomic E-state index is 7.00. The zero-order valence-corrected chi connectivity index (χ0v) is 24.1. The quantitative estimate of drug-likeness (QED) is 0.155. The lowest BCUT2D eigenvalue weighted by atomic mass is 9.47. The summed E-state index contributed by atoms with van der Waals surface area (Å²) >= 11 is 4.13. The van der Waals surface area contributed by atoms with Gasteiger partial charge < -0.3 is 14.6 Å². The predicted molar refractivity (Wildman–Crippen MR) is 149 cm³/mol. The second-order valence-electron chi connectivity index (χ2n) is 12.3. The van der Waals surface area contributed by atoms with E-state index in [4.69, 9.17) is 9.29 Å². The fourth-order valence-electron chi connectivity index (χ4n) is 8.24. The van der Waals surface area contributed by atoms with Crippen molar-refractivity contribution in [1.29, 1.82) is 0 Å². The molecule has 0 aromatic rings. The van der Waals surface area contributed by atoms with E-state index in [1.54, 1.807) is 11.8 Å². The average molecular weight is 495 g/mol. The predicted octanol–water partition coefficient (Wildman–Crippen LogP) is 6.94. The van der Waals surface area contributed by atoms with E-state index >= 15 is 0 Å². The maximum Gasteiger partial charge on any atom is 0.0850 e. The van der Waals surface area contributed by atoms with Gasteiger partial charge in [0.15, 0.2) is 0 Å². The molecule has 7 atom stereocenters. The molecule has 34 heavy (non-hydrogen) atoms. The fraction of sp³-hybridized carbons (Fsp3) is 0.867. The van der Waals surface area contributed by atoms with Crippen LogP contribution in [0.25, 0.3) is 0 Å². The van der Waals surface area contributed by atoms with E-state index in [0.29, 0.717) is 16.9 Å². The number of rotatable bonds is 7. The molecule has 0 aromatic carbocycles. The molecule has 0 spiro atoms. The van der Waals surface area contributed by atoms with Gasteiger partial charge in [-0.3, -0.25) is 0 Å². The molecule has 3 N–H and O–H groups in total. The summed E-state index contributed by atoms with van der Waals surface area (Å²) in [5.74, 6) is 4.72.